The van der Waals surface area contributed by atoms with E-state index in [1.165, 1.54) is 0 Å². The van der Waals surface area contributed by atoms with Gasteiger partial charge in [-0.15, -0.1) is 0 Å². The molecule has 0 heterocycles. The number of carbonyl (C=O) groups is 1. The Morgan fingerprint density at radius 1 is 1.17 bits per heavy atom. The lowest BCUT2D eigenvalue weighted by molar-refractivity contribution is 0.0976. The normalized spacial score (nSPS) is 9.83. The lowest BCUT2D eigenvalue weighted by Crippen LogP contribution is -2.39. The van der Waals surface area contributed by atoms with Crippen LogP contribution in [-0.4, -0.2) is 29.3 Å². The standard InChI is InChI=1S/C13H18N2O2S/c16-10-6-2-5-9-14-13(18)15-12(17)11-7-3-1-4-8-11/h1,3-4,7-8,16H,2,5-6,9-10H2,(H2,14,15,17,18). The van der Waals surface area contributed by atoms with Crippen LogP contribution < -0.4 is 10.6 Å². The monoisotopic (exact) mass is 266 g/mol. The molecule has 0 aromatic heterocycles. The summed E-state index contributed by atoms with van der Waals surface area (Å²) in [7, 11) is 0. The van der Waals surface area contributed by atoms with Crippen LogP contribution in [0.5, 0.6) is 0 Å². The third kappa shape index (κ3) is 5.75. The number of thiocarbonyl (C=S) groups is 1. The van der Waals surface area contributed by atoms with Crippen LogP contribution in [0, 0.1) is 0 Å². The van der Waals surface area contributed by atoms with Crippen LogP contribution in [0.4, 0.5) is 0 Å². The van der Waals surface area contributed by atoms with Crippen molar-refractivity contribution in [3.8, 4) is 0 Å². The molecule has 0 aliphatic heterocycles. The third-order valence-electron chi connectivity index (χ3n) is 2.38. The molecule has 0 saturated heterocycles. The Morgan fingerprint density at radius 2 is 1.89 bits per heavy atom. The highest BCUT2D eigenvalue weighted by molar-refractivity contribution is 7.80. The van der Waals surface area contributed by atoms with Crippen LogP contribution in [0.15, 0.2) is 30.3 Å². The second-order valence-electron chi connectivity index (χ2n) is 3.86. The molecule has 0 spiro atoms. The lowest BCUT2D eigenvalue weighted by atomic mass is 10.2. The van der Waals surface area contributed by atoms with E-state index in [1.807, 2.05) is 6.07 Å². The average Bonchev–Trinajstić information content (AvgIpc) is 2.39. The van der Waals surface area contributed by atoms with Gasteiger partial charge in [-0.05, 0) is 43.6 Å². The van der Waals surface area contributed by atoms with Gasteiger partial charge in [-0.25, -0.2) is 0 Å². The molecule has 0 fully saturated rings. The van der Waals surface area contributed by atoms with E-state index in [0.29, 0.717) is 17.2 Å². The summed E-state index contributed by atoms with van der Waals surface area (Å²) in [5.74, 6) is -0.205. The van der Waals surface area contributed by atoms with E-state index in [2.05, 4.69) is 10.6 Å². The molecule has 1 rings (SSSR count). The first-order valence-electron chi connectivity index (χ1n) is 5.99. The van der Waals surface area contributed by atoms with Crippen LogP contribution in [0.3, 0.4) is 0 Å². The summed E-state index contributed by atoms with van der Waals surface area (Å²) in [5, 5.41) is 14.5. The van der Waals surface area contributed by atoms with Crippen LogP contribution >= 0.6 is 12.2 Å². The largest absolute Gasteiger partial charge is 0.396 e. The number of carbonyl (C=O) groups excluding carboxylic acids is 1. The van der Waals surface area contributed by atoms with E-state index in [4.69, 9.17) is 17.3 Å². The van der Waals surface area contributed by atoms with Gasteiger partial charge in [-0.1, -0.05) is 18.2 Å². The Hall–Kier alpha value is -1.46. The van der Waals surface area contributed by atoms with Gasteiger partial charge in [-0.3, -0.25) is 10.1 Å². The fourth-order valence-corrected chi connectivity index (χ4v) is 1.62. The second-order valence-corrected chi connectivity index (χ2v) is 4.27. The summed E-state index contributed by atoms with van der Waals surface area (Å²) >= 11 is 5.02. The highest BCUT2D eigenvalue weighted by atomic mass is 32.1. The Labute approximate surface area is 112 Å². The molecular formula is C13H18N2O2S. The van der Waals surface area contributed by atoms with Gasteiger partial charge < -0.3 is 10.4 Å². The van der Waals surface area contributed by atoms with Crippen LogP contribution in [0.25, 0.3) is 0 Å². The van der Waals surface area contributed by atoms with Gasteiger partial charge >= 0.3 is 0 Å². The van der Waals surface area contributed by atoms with Crippen LogP contribution in [-0.2, 0) is 0 Å². The molecule has 0 saturated carbocycles. The first kappa shape index (κ1) is 14.6. The van der Waals surface area contributed by atoms with Gasteiger partial charge in [0.15, 0.2) is 5.11 Å². The minimum atomic E-state index is -0.205. The van der Waals surface area contributed by atoms with E-state index >= 15 is 0 Å². The summed E-state index contributed by atoms with van der Waals surface area (Å²) in [6.45, 7) is 0.920. The second kappa shape index (κ2) is 8.60. The van der Waals surface area contributed by atoms with Crippen molar-refractivity contribution in [2.24, 2.45) is 0 Å². The van der Waals surface area contributed by atoms with Gasteiger partial charge in [0, 0.05) is 18.7 Å². The summed E-state index contributed by atoms with van der Waals surface area (Å²) in [6, 6.07) is 8.94. The minimum absolute atomic E-state index is 0.205. The zero-order valence-corrected chi connectivity index (χ0v) is 11.0. The van der Waals surface area contributed by atoms with Crippen molar-refractivity contribution in [3.63, 3.8) is 0 Å². The van der Waals surface area contributed by atoms with E-state index in [-0.39, 0.29) is 12.5 Å². The van der Waals surface area contributed by atoms with E-state index in [0.717, 1.165) is 19.3 Å². The Balaban J connectivity index is 2.22. The number of aliphatic hydroxyl groups is 1. The average molecular weight is 266 g/mol. The first-order chi connectivity index (χ1) is 8.74. The molecule has 1 aromatic rings. The molecular weight excluding hydrogens is 248 g/mol. The van der Waals surface area contributed by atoms with Gasteiger partial charge in [0.2, 0.25) is 0 Å². The van der Waals surface area contributed by atoms with Gasteiger partial charge in [0.1, 0.15) is 0 Å². The highest BCUT2D eigenvalue weighted by Crippen LogP contribution is 1.97. The van der Waals surface area contributed by atoms with Crippen molar-refractivity contribution in [3.05, 3.63) is 35.9 Å². The Kier molecular flexibility index (Phi) is 6.98. The molecule has 0 bridgehead atoms. The maximum atomic E-state index is 11.7. The van der Waals surface area contributed by atoms with Crippen molar-refractivity contribution in [1.29, 1.82) is 0 Å². The lowest BCUT2D eigenvalue weighted by Gasteiger charge is -2.09. The summed E-state index contributed by atoms with van der Waals surface area (Å²) in [5.41, 5.74) is 0.585. The van der Waals surface area contributed by atoms with Crippen LogP contribution in [0.1, 0.15) is 29.6 Å². The molecule has 0 atom stereocenters. The molecule has 3 N–H and O–H groups in total. The SMILES string of the molecule is O=C(NC(=S)NCCCCCO)c1ccccc1. The number of hydrogen-bond donors (Lipinski definition) is 3. The molecule has 1 aromatic carbocycles. The predicted molar refractivity (Wildman–Crippen MR) is 75.4 cm³/mol. The first-order valence-corrected chi connectivity index (χ1v) is 6.40. The number of rotatable bonds is 6. The Bertz CT molecular complexity index is 382. The fraction of sp³-hybridized carbons (Fsp3) is 0.385. The topological polar surface area (TPSA) is 61.4 Å². The summed E-state index contributed by atoms with van der Waals surface area (Å²) < 4.78 is 0. The molecule has 5 heteroatoms. The molecule has 4 nitrogen and oxygen atoms in total. The number of amides is 1. The molecule has 0 unspecified atom stereocenters. The molecule has 98 valence electrons. The molecule has 0 aliphatic carbocycles. The van der Waals surface area contributed by atoms with Crippen molar-refractivity contribution >= 4 is 23.2 Å². The smallest absolute Gasteiger partial charge is 0.257 e. The van der Waals surface area contributed by atoms with Crippen LogP contribution in [0.2, 0.25) is 0 Å². The zero-order valence-electron chi connectivity index (χ0n) is 10.2. The number of unbranched alkanes of at least 4 members (excludes halogenated alkanes) is 2. The number of nitrogens with one attached hydrogen (secondary N) is 2. The quantitative estimate of drug-likeness (QED) is 0.539. The van der Waals surface area contributed by atoms with Crippen molar-refractivity contribution in [1.82, 2.24) is 10.6 Å². The minimum Gasteiger partial charge on any atom is -0.396 e. The van der Waals surface area contributed by atoms with Gasteiger partial charge in [0.05, 0.1) is 0 Å². The van der Waals surface area contributed by atoms with Gasteiger partial charge in [0.25, 0.3) is 5.91 Å². The summed E-state index contributed by atoms with van der Waals surface area (Å²) in [6.07, 6.45) is 2.66. The maximum Gasteiger partial charge on any atom is 0.257 e. The van der Waals surface area contributed by atoms with Crippen molar-refractivity contribution in [2.45, 2.75) is 19.3 Å². The number of hydrogen-bond acceptors (Lipinski definition) is 3. The van der Waals surface area contributed by atoms with E-state index in [1.54, 1.807) is 24.3 Å². The molecule has 18 heavy (non-hydrogen) atoms. The summed E-state index contributed by atoms with van der Waals surface area (Å²) in [4.78, 5) is 11.7. The molecule has 1 amide bonds. The Morgan fingerprint density at radius 3 is 2.56 bits per heavy atom. The van der Waals surface area contributed by atoms with Crippen molar-refractivity contribution in [2.75, 3.05) is 13.2 Å². The third-order valence-corrected chi connectivity index (χ3v) is 2.63. The van der Waals surface area contributed by atoms with Crippen molar-refractivity contribution < 1.29 is 9.90 Å². The number of aliphatic hydroxyl groups excluding tert-OH is 1. The fourth-order valence-electron chi connectivity index (χ4n) is 1.42. The van der Waals surface area contributed by atoms with E-state index in [9.17, 15) is 4.79 Å². The van der Waals surface area contributed by atoms with Gasteiger partial charge in [-0.2, -0.15) is 0 Å². The predicted octanol–water partition coefficient (Wildman–Crippen LogP) is 1.45. The number of benzene rings is 1. The molecule has 0 radical (unpaired) electrons. The zero-order chi connectivity index (χ0) is 13.2. The maximum absolute atomic E-state index is 11.7. The highest BCUT2D eigenvalue weighted by Gasteiger charge is 2.05. The van der Waals surface area contributed by atoms with E-state index < -0.39 is 0 Å². The molecule has 0 aliphatic rings.